The largest absolute Gasteiger partial charge is 0.259 e. The smallest absolute Gasteiger partial charge is 0.241 e. The molecule has 0 spiro atoms. The van der Waals surface area contributed by atoms with E-state index in [1.54, 1.807) is 0 Å². The molecule has 0 aromatic carbocycles. The molecule has 15 heavy (non-hydrogen) atoms. The second-order valence-corrected chi connectivity index (χ2v) is 4.29. The monoisotopic (exact) mass is 225 g/mol. The fourth-order valence-corrected chi connectivity index (χ4v) is 1.43. The molecular weight excluding hydrogens is 218 g/mol. The summed E-state index contributed by atoms with van der Waals surface area (Å²) < 4.78 is 23.2. The maximum Gasteiger partial charge on any atom is 0.241 e. The molecule has 2 heterocycles. The van der Waals surface area contributed by atoms with Crippen molar-refractivity contribution in [2.45, 2.75) is 4.90 Å². The SMILES string of the molecule is NS(=O)(=O)c1cnn(-c2cnccn2)c1. The maximum absolute atomic E-state index is 11.0. The average Bonchev–Trinajstić information content (AvgIpc) is 2.67. The van der Waals surface area contributed by atoms with Crippen LogP contribution in [0, 0.1) is 0 Å². The van der Waals surface area contributed by atoms with Crippen LogP contribution in [0.3, 0.4) is 0 Å². The Kier molecular flexibility index (Phi) is 2.21. The highest BCUT2D eigenvalue weighted by Crippen LogP contribution is 2.07. The first kappa shape index (κ1) is 9.74. The summed E-state index contributed by atoms with van der Waals surface area (Å²) in [6, 6.07) is 0. The summed E-state index contributed by atoms with van der Waals surface area (Å²) in [6.07, 6.45) is 6.88. The summed E-state index contributed by atoms with van der Waals surface area (Å²) in [6.45, 7) is 0. The number of nitrogens with two attached hydrogens (primary N) is 1. The number of sulfonamides is 1. The van der Waals surface area contributed by atoms with Gasteiger partial charge in [0.05, 0.1) is 18.6 Å². The third-order valence-corrected chi connectivity index (χ3v) is 2.54. The molecule has 8 heteroatoms. The van der Waals surface area contributed by atoms with Gasteiger partial charge in [-0.25, -0.2) is 23.2 Å². The summed E-state index contributed by atoms with van der Waals surface area (Å²) in [5, 5.41) is 8.74. The zero-order chi connectivity index (χ0) is 10.9. The fraction of sp³-hybridized carbons (Fsp3) is 0. The Morgan fingerprint density at radius 2 is 2.07 bits per heavy atom. The normalized spacial score (nSPS) is 11.5. The molecule has 78 valence electrons. The van der Waals surface area contributed by atoms with Crippen LogP contribution in [-0.2, 0) is 10.0 Å². The minimum absolute atomic E-state index is 0.0619. The molecule has 0 saturated carbocycles. The number of hydrogen-bond donors (Lipinski definition) is 1. The molecule has 2 aromatic rings. The van der Waals surface area contributed by atoms with Gasteiger partial charge in [-0.3, -0.25) is 4.98 Å². The lowest BCUT2D eigenvalue weighted by Gasteiger charge is -1.96. The predicted molar refractivity (Wildman–Crippen MR) is 50.5 cm³/mol. The number of aromatic nitrogens is 4. The van der Waals surface area contributed by atoms with Crippen molar-refractivity contribution in [2.75, 3.05) is 0 Å². The number of hydrogen-bond acceptors (Lipinski definition) is 5. The summed E-state index contributed by atoms with van der Waals surface area (Å²) in [4.78, 5) is 7.71. The zero-order valence-corrected chi connectivity index (χ0v) is 8.29. The third-order valence-electron chi connectivity index (χ3n) is 1.67. The lowest BCUT2D eigenvalue weighted by atomic mass is 10.6. The predicted octanol–water partition coefficient (Wildman–Crippen LogP) is -0.690. The van der Waals surface area contributed by atoms with Gasteiger partial charge in [-0.1, -0.05) is 0 Å². The van der Waals surface area contributed by atoms with Gasteiger partial charge in [-0.15, -0.1) is 0 Å². The van der Waals surface area contributed by atoms with E-state index in [0.717, 1.165) is 6.20 Å². The Labute approximate surface area is 85.6 Å². The summed E-state index contributed by atoms with van der Waals surface area (Å²) in [7, 11) is -3.72. The van der Waals surface area contributed by atoms with Crippen molar-refractivity contribution < 1.29 is 8.42 Å². The topological polar surface area (TPSA) is 104 Å². The van der Waals surface area contributed by atoms with Gasteiger partial charge in [-0.05, 0) is 0 Å². The summed E-state index contributed by atoms with van der Waals surface area (Å²) >= 11 is 0. The van der Waals surface area contributed by atoms with Crippen LogP contribution in [0.2, 0.25) is 0 Å². The van der Waals surface area contributed by atoms with E-state index in [4.69, 9.17) is 5.14 Å². The number of rotatable bonds is 2. The first-order chi connectivity index (χ1) is 7.07. The Balaban J connectivity index is 2.46. The number of nitrogens with zero attached hydrogens (tertiary/aromatic N) is 4. The van der Waals surface area contributed by atoms with Crippen LogP contribution in [0.5, 0.6) is 0 Å². The second-order valence-electron chi connectivity index (χ2n) is 2.73. The summed E-state index contributed by atoms with van der Waals surface area (Å²) in [5.74, 6) is 0.424. The molecule has 0 atom stereocenters. The van der Waals surface area contributed by atoms with Gasteiger partial charge in [0.25, 0.3) is 0 Å². The molecule has 0 unspecified atom stereocenters. The molecule has 2 rings (SSSR count). The van der Waals surface area contributed by atoms with Crippen LogP contribution in [0.15, 0.2) is 35.9 Å². The van der Waals surface area contributed by atoms with Crippen LogP contribution in [0.25, 0.3) is 5.82 Å². The van der Waals surface area contributed by atoms with Crippen LogP contribution < -0.4 is 5.14 Å². The molecule has 0 bridgehead atoms. The fourth-order valence-electron chi connectivity index (χ4n) is 0.988. The van der Waals surface area contributed by atoms with E-state index in [2.05, 4.69) is 15.1 Å². The van der Waals surface area contributed by atoms with E-state index >= 15 is 0 Å². The molecule has 2 aromatic heterocycles. The van der Waals surface area contributed by atoms with Gasteiger partial charge >= 0.3 is 0 Å². The molecular formula is C7H7N5O2S. The van der Waals surface area contributed by atoms with Gasteiger partial charge in [0, 0.05) is 12.4 Å². The van der Waals surface area contributed by atoms with Crippen molar-refractivity contribution in [2.24, 2.45) is 5.14 Å². The molecule has 0 fully saturated rings. The highest BCUT2D eigenvalue weighted by atomic mass is 32.2. The van der Waals surface area contributed by atoms with E-state index in [-0.39, 0.29) is 4.90 Å². The quantitative estimate of drug-likeness (QED) is 0.728. The van der Waals surface area contributed by atoms with Gasteiger partial charge in [0.15, 0.2) is 5.82 Å². The van der Waals surface area contributed by atoms with Crippen molar-refractivity contribution in [1.29, 1.82) is 0 Å². The van der Waals surface area contributed by atoms with Gasteiger partial charge < -0.3 is 0 Å². The maximum atomic E-state index is 11.0. The van der Waals surface area contributed by atoms with Crippen LogP contribution in [0.4, 0.5) is 0 Å². The molecule has 0 radical (unpaired) electrons. The van der Waals surface area contributed by atoms with E-state index < -0.39 is 10.0 Å². The molecule has 0 amide bonds. The average molecular weight is 225 g/mol. The van der Waals surface area contributed by atoms with Crippen molar-refractivity contribution >= 4 is 10.0 Å². The first-order valence-electron chi connectivity index (χ1n) is 3.91. The Bertz CT molecular complexity index is 562. The van der Waals surface area contributed by atoms with E-state index in [1.165, 1.54) is 29.5 Å². The summed E-state index contributed by atoms with van der Waals surface area (Å²) in [5.41, 5.74) is 0. The third kappa shape index (κ3) is 2.00. The van der Waals surface area contributed by atoms with Crippen LogP contribution >= 0.6 is 0 Å². The minimum atomic E-state index is -3.72. The van der Waals surface area contributed by atoms with Gasteiger partial charge in [0.1, 0.15) is 4.90 Å². The van der Waals surface area contributed by atoms with Crippen LogP contribution in [0.1, 0.15) is 0 Å². The second kappa shape index (κ2) is 3.41. The molecule has 2 N–H and O–H groups in total. The van der Waals surface area contributed by atoms with Gasteiger partial charge in [0.2, 0.25) is 10.0 Å². The Morgan fingerprint density at radius 3 is 2.60 bits per heavy atom. The lowest BCUT2D eigenvalue weighted by molar-refractivity contribution is 0.598. The molecule has 0 aliphatic carbocycles. The molecule has 0 aliphatic heterocycles. The molecule has 0 aliphatic rings. The first-order valence-corrected chi connectivity index (χ1v) is 5.46. The molecule has 0 saturated heterocycles. The highest BCUT2D eigenvalue weighted by molar-refractivity contribution is 7.89. The highest BCUT2D eigenvalue weighted by Gasteiger charge is 2.11. The van der Waals surface area contributed by atoms with Crippen molar-refractivity contribution in [3.63, 3.8) is 0 Å². The number of primary sulfonamides is 1. The van der Waals surface area contributed by atoms with Crippen LogP contribution in [-0.4, -0.2) is 28.2 Å². The van der Waals surface area contributed by atoms with E-state index in [9.17, 15) is 8.42 Å². The Hall–Kier alpha value is -1.80. The van der Waals surface area contributed by atoms with E-state index in [0.29, 0.717) is 5.82 Å². The van der Waals surface area contributed by atoms with Crippen molar-refractivity contribution in [3.8, 4) is 5.82 Å². The van der Waals surface area contributed by atoms with Crippen molar-refractivity contribution in [3.05, 3.63) is 31.0 Å². The van der Waals surface area contributed by atoms with Gasteiger partial charge in [-0.2, -0.15) is 5.10 Å². The molecule has 7 nitrogen and oxygen atoms in total. The standard InChI is InChI=1S/C7H7N5O2S/c8-15(13,14)6-3-11-12(5-6)7-4-9-1-2-10-7/h1-5H,(H2,8,13,14). The van der Waals surface area contributed by atoms with Crippen molar-refractivity contribution in [1.82, 2.24) is 19.7 Å². The Morgan fingerprint density at radius 1 is 1.27 bits per heavy atom. The lowest BCUT2D eigenvalue weighted by Crippen LogP contribution is -2.11. The zero-order valence-electron chi connectivity index (χ0n) is 7.48. The van der Waals surface area contributed by atoms with E-state index in [1.807, 2.05) is 0 Å². The minimum Gasteiger partial charge on any atom is -0.259 e.